The van der Waals surface area contributed by atoms with E-state index in [1.165, 1.54) is 6.08 Å². The maximum Gasteiger partial charge on any atom is 0.249 e. The van der Waals surface area contributed by atoms with Gasteiger partial charge in [0.05, 0.1) is 0 Å². The Morgan fingerprint density at radius 3 is 2.80 bits per heavy atom. The van der Waals surface area contributed by atoms with E-state index < -0.39 is 0 Å². The normalized spacial score (nSPS) is 25.9. The first-order chi connectivity index (χ1) is 9.60. The Bertz CT molecular complexity index is 601. The lowest BCUT2D eigenvalue weighted by molar-refractivity contribution is -0.136. The lowest BCUT2D eigenvalue weighted by atomic mass is 9.94. The van der Waals surface area contributed by atoms with Crippen molar-refractivity contribution in [2.75, 3.05) is 13.1 Å². The zero-order valence-electron chi connectivity index (χ0n) is 10.9. The molecule has 0 radical (unpaired) electrons. The van der Waals surface area contributed by atoms with Crippen molar-refractivity contribution in [3.8, 4) is 0 Å². The van der Waals surface area contributed by atoms with Crippen molar-refractivity contribution < 1.29 is 14.4 Å². The molecule has 6 nitrogen and oxygen atoms in total. The number of ketones is 1. The molecule has 104 valence electrons. The smallest absolute Gasteiger partial charge is 0.249 e. The summed E-state index contributed by atoms with van der Waals surface area (Å²) < 4.78 is 0. The third-order valence-corrected chi connectivity index (χ3v) is 3.88. The third kappa shape index (κ3) is 1.98. The fourth-order valence-corrected chi connectivity index (χ4v) is 2.83. The molecular weight excluding hydrogens is 258 g/mol. The average Bonchev–Trinajstić information content (AvgIpc) is 2.82. The number of nitrogens with two attached hydrogens (primary N) is 1. The molecule has 0 bridgehead atoms. The second-order valence-corrected chi connectivity index (χ2v) is 5.08. The van der Waals surface area contributed by atoms with Gasteiger partial charge in [-0.2, -0.15) is 0 Å². The minimum absolute atomic E-state index is 0.0650. The Labute approximate surface area is 116 Å². The summed E-state index contributed by atoms with van der Waals surface area (Å²) in [5.41, 5.74) is 8.06. The molecule has 0 saturated carbocycles. The highest BCUT2D eigenvalue weighted by Gasteiger charge is 2.35. The van der Waals surface area contributed by atoms with Crippen LogP contribution in [0, 0.1) is 0 Å². The molecule has 3 N–H and O–H groups in total. The molecule has 2 amide bonds. The SMILES string of the molecule is NCC1=C2CN(C3CCC(=O)NC3=O)C=C2C=CC1=O. The van der Waals surface area contributed by atoms with Gasteiger partial charge in [-0.3, -0.25) is 19.7 Å². The van der Waals surface area contributed by atoms with Gasteiger partial charge in [0.25, 0.3) is 0 Å². The lowest BCUT2D eigenvalue weighted by Gasteiger charge is -2.29. The van der Waals surface area contributed by atoms with E-state index in [2.05, 4.69) is 5.32 Å². The quantitative estimate of drug-likeness (QED) is 0.654. The fraction of sp³-hybridized carbons (Fsp3) is 0.357. The second kappa shape index (κ2) is 4.72. The summed E-state index contributed by atoms with van der Waals surface area (Å²) in [4.78, 5) is 36.7. The number of nitrogens with zero attached hydrogens (tertiary/aromatic N) is 1. The first kappa shape index (κ1) is 12.8. The largest absolute Gasteiger partial charge is 0.361 e. The van der Waals surface area contributed by atoms with Gasteiger partial charge in [0.15, 0.2) is 5.78 Å². The molecule has 1 fully saturated rings. The zero-order chi connectivity index (χ0) is 14.3. The molecule has 1 atom stereocenters. The van der Waals surface area contributed by atoms with Crippen LogP contribution in [0.15, 0.2) is 35.1 Å². The highest BCUT2D eigenvalue weighted by Crippen LogP contribution is 2.31. The summed E-state index contributed by atoms with van der Waals surface area (Å²) in [5, 5.41) is 2.35. The number of rotatable bonds is 2. The number of carbonyl (C=O) groups is 3. The summed E-state index contributed by atoms with van der Waals surface area (Å²) in [6, 6.07) is -0.360. The summed E-state index contributed by atoms with van der Waals surface area (Å²) in [6.07, 6.45) is 5.97. The minimum atomic E-state index is -0.360. The van der Waals surface area contributed by atoms with E-state index in [-0.39, 0.29) is 30.2 Å². The summed E-state index contributed by atoms with van der Waals surface area (Å²) in [5.74, 6) is -0.570. The van der Waals surface area contributed by atoms with Gasteiger partial charge in [0, 0.05) is 31.3 Å². The maximum absolute atomic E-state index is 11.9. The number of hydrogen-bond acceptors (Lipinski definition) is 5. The van der Waals surface area contributed by atoms with Crippen molar-refractivity contribution in [2.45, 2.75) is 18.9 Å². The monoisotopic (exact) mass is 273 g/mol. The predicted molar refractivity (Wildman–Crippen MR) is 71.2 cm³/mol. The predicted octanol–water partition coefficient (Wildman–Crippen LogP) is -0.615. The molecule has 1 unspecified atom stereocenters. The minimum Gasteiger partial charge on any atom is -0.361 e. The van der Waals surface area contributed by atoms with Crippen LogP contribution in [0.25, 0.3) is 0 Å². The number of fused-ring (bicyclic) bond motifs is 1. The molecule has 3 aliphatic rings. The van der Waals surface area contributed by atoms with Crippen LogP contribution < -0.4 is 11.1 Å². The zero-order valence-corrected chi connectivity index (χ0v) is 10.9. The van der Waals surface area contributed by atoms with Crippen molar-refractivity contribution in [2.24, 2.45) is 5.73 Å². The molecule has 20 heavy (non-hydrogen) atoms. The van der Waals surface area contributed by atoms with Gasteiger partial charge in [-0.05, 0) is 29.7 Å². The van der Waals surface area contributed by atoms with Gasteiger partial charge in [0.1, 0.15) is 6.04 Å². The van der Waals surface area contributed by atoms with E-state index in [9.17, 15) is 14.4 Å². The standard InChI is InChI=1S/C14H15N3O3/c15-5-9-10-7-17(6-8(10)1-3-12(9)18)11-2-4-13(19)16-14(11)20/h1,3,6,11H,2,4-5,7,15H2,(H,16,19,20). The molecule has 1 aliphatic carbocycles. The van der Waals surface area contributed by atoms with Crippen LogP contribution in [0.1, 0.15) is 12.8 Å². The van der Waals surface area contributed by atoms with Crippen LogP contribution in [0.4, 0.5) is 0 Å². The Morgan fingerprint density at radius 2 is 2.10 bits per heavy atom. The second-order valence-electron chi connectivity index (χ2n) is 5.08. The maximum atomic E-state index is 11.9. The topological polar surface area (TPSA) is 92.5 Å². The van der Waals surface area contributed by atoms with Crippen LogP contribution in [-0.2, 0) is 14.4 Å². The van der Waals surface area contributed by atoms with Crippen molar-refractivity contribution in [1.82, 2.24) is 10.2 Å². The average molecular weight is 273 g/mol. The van der Waals surface area contributed by atoms with Gasteiger partial charge in [-0.15, -0.1) is 0 Å². The van der Waals surface area contributed by atoms with Crippen molar-refractivity contribution in [1.29, 1.82) is 0 Å². The molecule has 0 aromatic heterocycles. The van der Waals surface area contributed by atoms with Gasteiger partial charge >= 0.3 is 0 Å². The van der Waals surface area contributed by atoms with Gasteiger partial charge in [0.2, 0.25) is 11.8 Å². The van der Waals surface area contributed by atoms with Gasteiger partial charge in [-0.1, -0.05) is 0 Å². The molecule has 2 aliphatic heterocycles. The fourth-order valence-electron chi connectivity index (χ4n) is 2.83. The first-order valence-electron chi connectivity index (χ1n) is 6.56. The van der Waals surface area contributed by atoms with E-state index >= 15 is 0 Å². The summed E-state index contributed by atoms with van der Waals surface area (Å²) in [6.45, 7) is 0.684. The molecule has 1 saturated heterocycles. The molecular formula is C14H15N3O3. The Kier molecular flexibility index (Phi) is 3.02. The van der Waals surface area contributed by atoms with E-state index in [0.29, 0.717) is 25.0 Å². The van der Waals surface area contributed by atoms with Crippen molar-refractivity contribution in [3.05, 3.63) is 35.1 Å². The number of imide groups is 1. The highest BCUT2D eigenvalue weighted by atomic mass is 16.2. The first-order valence-corrected chi connectivity index (χ1v) is 6.56. The molecule has 0 spiro atoms. The number of allylic oxidation sites excluding steroid dienone is 2. The molecule has 3 rings (SSSR count). The Morgan fingerprint density at radius 1 is 1.30 bits per heavy atom. The van der Waals surface area contributed by atoms with Crippen LogP contribution >= 0.6 is 0 Å². The highest BCUT2D eigenvalue weighted by molar-refractivity contribution is 6.07. The molecule has 0 aromatic rings. The van der Waals surface area contributed by atoms with E-state index in [1.807, 2.05) is 11.1 Å². The number of amides is 2. The van der Waals surface area contributed by atoms with Crippen molar-refractivity contribution in [3.63, 3.8) is 0 Å². The Balaban J connectivity index is 1.86. The number of nitrogens with one attached hydrogen (secondary N) is 1. The molecule has 2 heterocycles. The summed E-state index contributed by atoms with van der Waals surface area (Å²) >= 11 is 0. The van der Waals surface area contributed by atoms with Gasteiger partial charge < -0.3 is 10.6 Å². The lowest BCUT2D eigenvalue weighted by Crippen LogP contribution is -2.50. The third-order valence-electron chi connectivity index (χ3n) is 3.88. The Hall–Kier alpha value is -2.21. The number of piperidine rings is 1. The van der Waals surface area contributed by atoms with Crippen LogP contribution in [-0.4, -0.2) is 41.6 Å². The number of hydrogen-bond donors (Lipinski definition) is 2. The van der Waals surface area contributed by atoms with Crippen LogP contribution in [0.2, 0.25) is 0 Å². The summed E-state index contributed by atoms with van der Waals surface area (Å²) in [7, 11) is 0. The molecule has 6 heteroatoms. The number of carbonyl (C=O) groups excluding carboxylic acids is 3. The van der Waals surface area contributed by atoms with Gasteiger partial charge in [-0.25, -0.2) is 0 Å². The van der Waals surface area contributed by atoms with Crippen LogP contribution in [0.5, 0.6) is 0 Å². The molecule has 0 aromatic carbocycles. The van der Waals surface area contributed by atoms with E-state index in [1.54, 1.807) is 6.08 Å². The van der Waals surface area contributed by atoms with Crippen molar-refractivity contribution >= 4 is 17.6 Å². The van der Waals surface area contributed by atoms with E-state index in [0.717, 1.165) is 11.1 Å². The van der Waals surface area contributed by atoms with Crippen LogP contribution in [0.3, 0.4) is 0 Å². The van der Waals surface area contributed by atoms with E-state index in [4.69, 9.17) is 5.73 Å².